The summed E-state index contributed by atoms with van der Waals surface area (Å²) in [4.78, 5) is 13.1. The van der Waals surface area contributed by atoms with Crippen LogP contribution in [0.25, 0.3) is 0 Å². The number of unbranched alkanes of at least 4 members (excludes halogenated alkanes) is 31. The highest BCUT2D eigenvalue weighted by Gasteiger charge is 2.44. The Morgan fingerprint density at radius 2 is 0.899 bits per heavy atom. The predicted octanol–water partition coefficient (Wildman–Crippen LogP) is 11.9. The zero-order valence-corrected chi connectivity index (χ0v) is 44.3. The number of carbonyl (C=O) groups is 1. The number of aliphatic hydroxyl groups excluding tert-OH is 7. The molecular weight excluding hydrogens is 871 g/mol. The Hall–Kier alpha value is -1.67. The summed E-state index contributed by atoms with van der Waals surface area (Å²) in [5.41, 5.74) is 0. The van der Waals surface area contributed by atoms with Crippen LogP contribution in [0.2, 0.25) is 0 Å². The van der Waals surface area contributed by atoms with Crippen LogP contribution in [-0.2, 0) is 14.3 Å². The first-order valence-corrected chi connectivity index (χ1v) is 28.9. The van der Waals surface area contributed by atoms with Gasteiger partial charge in [0.25, 0.3) is 0 Å². The van der Waals surface area contributed by atoms with Crippen molar-refractivity contribution in [2.45, 2.75) is 313 Å². The van der Waals surface area contributed by atoms with E-state index in [2.05, 4.69) is 55.6 Å². The van der Waals surface area contributed by atoms with Gasteiger partial charge in [-0.25, -0.2) is 0 Å². The summed E-state index contributed by atoms with van der Waals surface area (Å²) in [5, 5.41) is 75.9. The molecule has 0 aliphatic carbocycles. The van der Waals surface area contributed by atoms with E-state index in [0.29, 0.717) is 12.8 Å². The molecule has 0 saturated carbocycles. The van der Waals surface area contributed by atoms with Crippen LogP contribution in [0.5, 0.6) is 0 Å². The number of hydrogen-bond donors (Lipinski definition) is 8. The highest BCUT2D eigenvalue weighted by atomic mass is 16.7. The lowest BCUT2D eigenvalue weighted by Gasteiger charge is -2.40. The number of allylic oxidation sites excluding steroid dienone is 6. The Morgan fingerprint density at radius 3 is 1.33 bits per heavy atom. The molecule has 1 amide bonds. The van der Waals surface area contributed by atoms with Crippen LogP contribution >= 0.6 is 0 Å². The van der Waals surface area contributed by atoms with Gasteiger partial charge in [-0.15, -0.1) is 0 Å². The zero-order valence-electron chi connectivity index (χ0n) is 44.3. The minimum Gasteiger partial charge on any atom is -0.394 e. The number of hydrogen-bond acceptors (Lipinski definition) is 10. The van der Waals surface area contributed by atoms with Gasteiger partial charge in [0.05, 0.1) is 25.4 Å². The van der Waals surface area contributed by atoms with E-state index in [4.69, 9.17) is 9.47 Å². The first-order valence-electron chi connectivity index (χ1n) is 28.9. The molecule has 0 aromatic rings. The Morgan fingerprint density at radius 1 is 0.507 bits per heavy atom. The average Bonchev–Trinajstić information content (AvgIpc) is 3.35. The monoisotopic (exact) mass is 980 g/mol. The van der Waals surface area contributed by atoms with Gasteiger partial charge >= 0.3 is 0 Å². The molecule has 11 heteroatoms. The third kappa shape index (κ3) is 36.0. The normalized spacial score (nSPS) is 20.6. The molecule has 11 nitrogen and oxygen atoms in total. The summed E-state index contributed by atoms with van der Waals surface area (Å²) >= 11 is 0. The molecule has 9 unspecified atom stereocenters. The molecule has 1 saturated heterocycles. The van der Waals surface area contributed by atoms with Crippen molar-refractivity contribution in [1.29, 1.82) is 0 Å². The fraction of sp³-hybridized carbons (Fsp3) is 0.879. The molecule has 0 bridgehead atoms. The molecule has 406 valence electrons. The lowest BCUT2D eigenvalue weighted by molar-refractivity contribution is -0.303. The number of carbonyl (C=O) groups excluding carboxylic acids is 1. The lowest BCUT2D eigenvalue weighted by atomic mass is 9.98. The molecule has 1 rings (SSSR count). The van der Waals surface area contributed by atoms with E-state index in [1.54, 1.807) is 0 Å². The van der Waals surface area contributed by atoms with Gasteiger partial charge in [-0.3, -0.25) is 4.79 Å². The molecule has 1 aliphatic heterocycles. The summed E-state index contributed by atoms with van der Waals surface area (Å²) in [5.74, 6) is -0.706. The van der Waals surface area contributed by atoms with E-state index in [-0.39, 0.29) is 12.8 Å². The van der Waals surface area contributed by atoms with Crippen molar-refractivity contribution < 1.29 is 50.0 Å². The SMILES string of the molecule is CCCCCCCCC/C=C/CCCC(O)C(O)C(COC1OC(CO)C(O)C(O)C1O)NC(=O)C(O)CCCCCCCCCCCCCCCC/C=C\C/C=C\CCCCCCCCCCC. The third-order valence-corrected chi connectivity index (χ3v) is 13.9. The third-order valence-electron chi connectivity index (χ3n) is 13.9. The largest absolute Gasteiger partial charge is 0.394 e. The van der Waals surface area contributed by atoms with Gasteiger partial charge in [0.1, 0.15) is 36.6 Å². The van der Waals surface area contributed by atoms with Crippen molar-refractivity contribution in [3.63, 3.8) is 0 Å². The Balaban J connectivity index is 2.23. The minimum atomic E-state index is -1.67. The Labute approximate surface area is 422 Å². The molecule has 1 fully saturated rings. The molecular formula is C58H109NO10. The standard InChI is InChI=1S/C58H109NO10/c1-3-5-7-9-11-13-15-17-18-19-20-21-22-23-24-25-26-27-28-29-30-31-32-33-34-36-38-40-42-44-46-51(62)57(67)59-49(48-68-58-56(66)55(65)54(64)52(47-60)69-58)53(63)50(61)45-43-41-39-37-35-16-14-12-10-8-6-4-2/h20-21,23-24,37,39,49-56,58,60-66H,3-19,22,25-36,38,40-48H2,1-2H3,(H,59,67)/b21-20-,24-23-,39-37+. The number of amides is 1. The second-order valence-electron chi connectivity index (χ2n) is 20.4. The molecule has 1 heterocycles. The second-order valence-corrected chi connectivity index (χ2v) is 20.4. The summed E-state index contributed by atoms with van der Waals surface area (Å²) in [6.07, 6.45) is 46.5. The van der Waals surface area contributed by atoms with Gasteiger partial charge < -0.3 is 50.5 Å². The summed E-state index contributed by atoms with van der Waals surface area (Å²) < 4.78 is 11.1. The van der Waals surface area contributed by atoms with Crippen molar-refractivity contribution in [2.75, 3.05) is 13.2 Å². The van der Waals surface area contributed by atoms with E-state index in [1.165, 1.54) is 173 Å². The maximum Gasteiger partial charge on any atom is 0.249 e. The molecule has 8 N–H and O–H groups in total. The average molecular weight is 981 g/mol. The summed E-state index contributed by atoms with van der Waals surface area (Å²) in [6, 6.07) is -1.18. The maximum absolute atomic E-state index is 13.1. The topological polar surface area (TPSA) is 189 Å². The van der Waals surface area contributed by atoms with Crippen molar-refractivity contribution in [3.05, 3.63) is 36.5 Å². The van der Waals surface area contributed by atoms with Crippen LogP contribution in [0.15, 0.2) is 36.5 Å². The number of rotatable bonds is 49. The van der Waals surface area contributed by atoms with Crippen LogP contribution in [0, 0.1) is 0 Å². The van der Waals surface area contributed by atoms with E-state index >= 15 is 0 Å². The van der Waals surface area contributed by atoms with Crippen LogP contribution < -0.4 is 5.32 Å². The Kier molecular flexibility index (Phi) is 44.8. The molecule has 69 heavy (non-hydrogen) atoms. The number of ether oxygens (including phenoxy) is 2. The molecule has 9 atom stereocenters. The van der Waals surface area contributed by atoms with Crippen LogP contribution in [0.4, 0.5) is 0 Å². The fourth-order valence-corrected chi connectivity index (χ4v) is 9.18. The molecule has 0 spiro atoms. The maximum atomic E-state index is 13.1. The van der Waals surface area contributed by atoms with Crippen molar-refractivity contribution in [2.24, 2.45) is 0 Å². The van der Waals surface area contributed by atoms with Gasteiger partial charge in [-0.1, -0.05) is 224 Å². The Bertz CT molecular complexity index is 1210. The van der Waals surface area contributed by atoms with Crippen molar-refractivity contribution >= 4 is 5.91 Å². The molecule has 0 aromatic heterocycles. The predicted molar refractivity (Wildman–Crippen MR) is 284 cm³/mol. The van der Waals surface area contributed by atoms with Gasteiger partial charge in [-0.05, 0) is 70.6 Å². The van der Waals surface area contributed by atoms with E-state index in [9.17, 15) is 40.5 Å². The van der Waals surface area contributed by atoms with Gasteiger partial charge in [0.15, 0.2) is 6.29 Å². The fourth-order valence-electron chi connectivity index (χ4n) is 9.18. The van der Waals surface area contributed by atoms with E-state index in [1.807, 2.05) is 0 Å². The molecule has 1 aliphatic rings. The lowest BCUT2D eigenvalue weighted by Crippen LogP contribution is -2.60. The first kappa shape index (κ1) is 65.3. The van der Waals surface area contributed by atoms with Crippen LogP contribution in [0.1, 0.15) is 258 Å². The van der Waals surface area contributed by atoms with Gasteiger partial charge in [-0.2, -0.15) is 0 Å². The molecule has 0 radical (unpaired) electrons. The second kappa shape index (κ2) is 47.3. The summed E-state index contributed by atoms with van der Waals surface area (Å²) in [7, 11) is 0. The van der Waals surface area contributed by atoms with E-state index in [0.717, 1.165) is 44.9 Å². The highest BCUT2D eigenvalue weighted by Crippen LogP contribution is 2.23. The van der Waals surface area contributed by atoms with Crippen molar-refractivity contribution in [1.82, 2.24) is 5.32 Å². The smallest absolute Gasteiger partial charge is 0.249 e. The van der Waals surface area contributed by atoms with Gasteiger partial charge in [0, 0.05) is 0 Å². The summed E-state index contributed by atoms with van der Waals surface area (Å²) in [6.45, 7) is 3.43. The van der Waals surface area contributed by atoms with Crippen molar-refractivity contribution in [3.8, 4) is 0 Å². The quantitative estimate of drug-likeness (QED) is 0.0215. The number of nitrogens with one attached hydrogen (secondary N) is 1. The number of aliphatic hydroxyl groups is 7. The minimum absolute atomic E-state index is 0.254. The van der Waals surface area contributed by atoms with Crippen LogP contribution in [-0.4, -0.2) is 110 Å². The first-order chi connectivity index (χ1) is 33.7. The van der Waals surface area contributed by atoms with Crippen LogP contribution in [0.3, 0.4) is 0 Å². The van der Waals surface area contributed by atoms with E-state index < -0.39 is 74.2 Å². The molecule has 0 aromatic carbocycles. The highest BCUT2D eigenvalue weighted by molar-refractivity contribution is 5.80. The zero-order chi connectivity index (χ0) is 50.4. The van der Waals surface area contributed by atoms with Gasteiger partial charge in [0.2, 0.25) is 5.91 Å².